The van der Waals surface area contributed by atoms with Gasteiger partial charge in [0, 0.05) is 5.56 Å². The lowest BCUT2D eigenvalue weighted by molar-refractivity contribution is 0.292. The number of hydrogen-bond donors (Lipinski definition) is 0. The summed E-state index contributed by atoms with van der Waals surface area (Å²) in [5.74, 6) is 0.960. The molecule has 0 atom stereocenters. The van der Waals surface area contributed by atoms with E-state index < -0.39 is 0 Å². The highest BCUT2D eigenvalue weighted by Gasteiger charge is 2.00. The topological polar surface area (TPSA) is 12.5 Å². The predicted molar refractivity (Wildman–Crippen MR) is 99.8 cm³/mol. The van der Waals surface area contributed by atoms with Crippen LogP contribution in [0.4, 0.5) is 0 Å². The van der Waals surface area contributed by atoms with Gasteiger partial charge in [-0.15, -0.1) is 0 Å². The van der Waals surface area contributed by atoms with Crippen molar-refractivity contribution in [1.29, 1.82) is 0 Å². The van der Waals surface area contributed by atoms with Crippen LogP contribution in [0.2, 0.25) is 0 Å². The molecule has 0 aliphatic rings. The van der Waals surface area contributed by atoms with E-state index in [2.05, 4.69) is 74.5 Å². The van der Waals surface area contributed by atoms with Gasteiger partial charge in [0.1, 0.15) is 5.75 Å². The van der Waals surface area contributed by atoms with Gasteiger partial charge in [0.05, 0.1) is 6.61 Å². The molecule has 0 unspecified atom stereocenters. The average Bonchev–Trinajstić information content (AvgIpc) is 2.54. The molecule has 0 heterocycles. The Morgan fingerprint density at radius 1 is 0.870 bits per heavy atom. The molecular weight excluding hydrogens is 282 g/mol. The van der Waals surface area contributed by atoms with Gasteiger partial charge in [-0.2, -0.15) is 0 Å². The summed E-state index contributed by atoms with van der Waals surface area (Å²) in [4.78, 5) is 2.21. The number of benzene rings is 2. The maximum absolute atomic E-state index is 5.97. The summed E-state index contributed by atoms with van der Waals surface area (Å²) in [6.45, 7) is 4.01. The molecule has 0 aliphatic heterocycles. The molecule has 0 radical (unpaired) electrons. The smallest absolute Gasteiger partial charge is 0.126 e. The Bertz CT molecular complexity index is 631. The van der Waals surface area contributed by atoms with Gasteiger partial charge < -0.3 is 9.64 Å². The van der Waals surface area contributed by atoms with Gasteiger partial charge in [0.25, 0.3) is 0 Å². The van der Waals surface area contributed by atoms with E-state index in [4.69, 9.17) is 4.74 Å². The second-order valence-electron chi connectivity index (χ2n) is 6.09. The van der Waals surface area contributed by atoms with Crippen molar-refractivity contribution in [1.82, 2.24) is 4.90 Å². The van der Waals surface area contributed by atoms with E-state index in [-0.39, 0.29) is 0 Å². The Labute approximate surface area is 140 Å². The average molecular weight is 309 g/mol. The van der Waals surface area contributed by atoms with Crippen molar-refractivity contribution in [2.24, 2.45) is 0 Å². The van der Waals surface area contributed by atoms with E-state index in [1.165, 1.54) is 11.1 Å². The van der Waals surface area contributed by atoms with Gasteiger partial charge in [-0.05, 0) is 57.6 Å². The van der Waals surface area contributed by atoms with Gasteiger partial charge in [-0.25, -0.2) is 0 Å². The molecule has 2 heteroatoms. The molecular formula is C21H27NO. The minimum atomic E-state index is 0.767. The molecule has 0 aliphatic carbocycles. The molecule has 0 spiro atoms. The number of nitrogens with zero attached hydrogens (tertiary/aromatic N) is 1. The largest absolute Gasteiger partial charge is 0.493 e. The summed E-state index contributed by atoms with van der Waals surface area (Å²) in [6, 6.07) is 16.6. The van der Waals surface area contributed by atoms with E-state index >= 15 is 0 Å². The molecule has 0 saturated carbocycles. The summed E-state index contributed by atoms with van der Waals surface area (Å²) in [5.41, 5.74) is 3.66. The Kier molecular flexibility index (Phi) is 6.89. The maximum atomic E-state index is 5.97. The van der Waals surface area contributed by atoms with Crippen molar-refractivity contribution in [3.8, 4) is 5.75 Å². The first-order chi connectivity index (χ1) is 11.2. The third-order valence-electron chi connectivity index (χ3n) is 3.81. The molecule has 23 heavy (non-hydrogen) atoms. The van der Waals surface area contributed by atoms with Crippen molar-refractivity contribution in [2.75, 3.05) is 27.2 Å². The van der Waals surface area contributed by atoms with Crippen molar-refractivity contribution in [2.45, 2.75) is 19.8 Å². The second-order valence-corrected chi connectivity index (χ2v) is 6.09. The zero-order chi connectivity index (χ0) is 16.5. The maximum Gasteiger partial charge on any atom is 0.126 e. The lowest BCUT2D eigenvalue weighted by Gasteiger charge is -2.11. The number of unbranched alkanes of at least 4 members (excludes halogenated alkanes) is 1. The summed E-state index contributed by atoms with van der Waals surface area (Å²) >= 11 is 0. The molecule has 2 aromatic carbocycles. The predicted octanol–water partition coefficient (Wildman–Crippen LogP) is 4.89. The van der Waals surface area contributed by atoms with Crippen molar-refractivity contribution < 1.29 is 4.74 Å². The molecule has 0 aromatic heterocycles. The molecule has 0 saturated heterocycles. The van der Waals surface area contributed by atoms with Gasteiger partial charge in [-0.1, -0.05) is 54.6 Å². The summed E-state index contributed by atoms with van der Waals surface area (Å²) in [6.07, 6.45) is 6.53. The summed E-state index contributed by atoms with van der Waals surface area (Å²) < 4.78 is 5.97. The van der Waals surface area contributed by atoms with E-state index in [9.17, 15) is 0 Å². The van der Waals surface area contributed by atoms with Gasteiger partial charge in [0.15, 0.2) is 0 Å². The highest BCUT2D eigenvalue weighted by atomic mass is 16.5. The van der Waals surface area contributed by atoms with Crippen LogP contribution in [-0.4, -0.2) is 32.1 Å². The molecule has 0 amide bonds. The lowest BCUT2D eigenvalue weighted by atomic mass is 10.1. The third kappa shape index (κ3) is 5.91. The normalized spacial score (nSPS) is 11.3. The summed E-state index contributed by atoms with van der Waals surface area (Å²) in [7, 11) is 4.21. The van der Waals surface area contributed by atoms with Crippen LogP contribution in [0.25, 0.3) is 12.2 Å². The minimum absolute atomic E-state index is 0.767. The Morgan fingerprint density at radius 3 is 2.26 bits per heavy atom. The highest BCUT2D eigenvalue weighted by molar-refractivity contribution is 5.73. The van der Waals surface area contributed by atoms with Gasteiger partial charge in [0.2, 0.25) is 0 Å². The van der Waals surface area contributed by atoms with Gasteiger partial charge in [-0.3, -0.25) is 0 Å². The number of hydrogen-bond acceptors (Lipinski definition) is 2. The zero-order valence-electron chi connectivity index (χ0n) is 14.5. The molecule has 2 nitrogen and oxygen atoms in total. The molecule has 0 bridgehead atoms. The van der Waals surface area contributed by atoms with E-state index in [0.29, 0.717) is 0 Å². The Balaban J connectivity index is 1.96. The van der Waals surface area contributed by atoms with Gasteiger partial charge >= 0.3 is 0 Å². The van der Waals surface area contributed by atoms with E-state index in [1.54, 1.807) is 0 Å². The third-order valence-corrected chi connectivity index (χ3v) is 3.81. The fourth-order valence-corrected chi connectivity index (χ4v) is 2.42. The number of rotatable bonds is 8. The fourth-order valence-electron chi connectivity index (χ4n) is 2.42. The minimum Gasteiger partial charge on any atom is -0.493 e. The van der Waals surface area contributed by atoms with Crippen LogP contribution in [0.5, 0.6) is 5.75 Å². The molecule has 0 fully saturated rings. The van der Waals surface area contributed by atoms with Crippen LogP contribution in [0.15, 0.2) is 48.5 Å². The summed E-state index contributed by atoms with van der Waals surface area (Å²) in [5, 5.41) is 0. The van der Waals surface area contributed by atoms with E-state index in [0.717, 1.165) is 37.3 Å². The lowest BCUT2D eigenvalue weighted by Crippen LogP contribution is -2.13. The SMILES string of the molecule is Cc1ccccc1C=Cc1ccccc1OCCCCN(C)C. The van der Waals surface area contributed by atoms with Crippen molar-refractivity contribution in [3.63, 3.8) is 0 Å². The standard InChI is InChI=1S/C21H27NO/c1-18-10-4-5-11-19(18)14-15-20-12-6-7-13-21(20)23-17-9-8-16-22(2)3/h4-7,10-15H,8-9,16-17H2,1-3H3. The van der Waals surface area contributed by atoms with Crippen LogP contribution >= 0.6 is 0 Å². The van der Waals surface area contributed by atoms with Crippen molar-refractivity contribution in [3.05, 3.63) is 65.2 Å². The zero-order valence-corrected chi connectivity index (χ0v) is 14.5. The van der Waals surface area contributed by atoms with Crippen LogP contribution in [0.3, 0.4) is 0 Å². The molecule has 2 aromatic rings. The second kappa shape index (κ2) is 9.16. The van der Waals surface area contributed by atoms with Crippen LogP contribution in [0, 0.1) is 6.92 Å². The highest BCUT2D eigenvalue weighted by Crippen LogP contribution is 2.21. The first-order valence-corrected chi connectivity index (χ1v) is 8.27. The van der Waals surface area contributed by atoms with Crippen LogP contribution < -0.4 is 4.74 Å². The number of aryl methyl sites for hydroxylation is 1. The van der Waals surface area contributed by atoms with Crippen LogP contribution in [-0.2, 0) is 0 Å². The molecule has 122 valence electrons. The van der Waals surface area contributed by atoms with Crippen molar-refractivity contribution >= 4 is 12.2 Å². The monoisotopic (exact) mass is 309 g/mol. The molecule has 0 N–H and O–H groups in total. The number of ether oxygens (including phenoxy) is 1. The Hall–Kier alpha value is -2.06. The van der Waals surface area contributed by atoms with E-state index in [1.807, 2.05) is 12.1 Å². The molecule has 2 rings (SSSR count). The fraction of sp³-hybridized carbons (Fsp3) is 0.333. The first-order valence-electron chi connectivity index (χ1n) is 8.27. The quantitative estimate of drug-likeness (QED) is 0.509. The first kappa shape index (κ1) is 17.3. The Morgan fingerprint density at radius 2 is 1.52 bits per heavy atom. The van der Waals surface area contributed by atoms with Crippen LogP contribution in [0.1, 0.15) is 29.5 Å². The number of para-hydroxylation sites is 1.